The number of benzene rings is 1. The van der Waals surface area contributed by atoms with E-state index in [0.29, 0.717) is 0 Å². The Kier molecular flexibility index (Phi) is 3.51. The van der Waals surface area contributed by atoms with Crippen LogP contribution in [0.2, 0.25) is 0 Å². The lowest BCUT2D eigenvalue weighted by Gasteiger charge is -2.13. The highest BCUT2D eigenvalue weighted by Gasteiger charge is 2.33. The maximum absolute atomic E-state index is 12.7. The first-order valence-electron chi connectivity index (χ1n) is 5.41. The van der Waals surface area contributed by atoms with E-state index in [0.717, 1.165) is 12.1 Å². The van der Waals surface area contributed by atoms with Gasteiger partial charge in [-0.3, -0.25) is 10.4 Å². The molecule has 9 heteroatoms. The zero-order valence-electron chi connectivity index (χ0n) is 9.95. The number of H-pyrrole nitrogens is 1. The minimum absolute atomic E-state index is 0.104. The smallest absolute Gasteiger partial charge is 0.394 e. The molecule has 1 aromatic heterocycles. The minimum Gasteiger partial charge on any atom is -0.394 e. The molecule has 0 radical (unpaired) electrons. The van der Waals surface area contributed by atoms with E-state index in [4.69, 9.17) is 5.73 Å². The molecule has 0 aliphatic heterocycles. The lowest BCUT2D eigenvalue weighted by Crippen LogP contribution is -2.22. The topological polar surface area (TPSA) is 95.8 Å². The summed E-state index contributed by atoms with van der Waals surface area (Å²) in [5, 5.41) is 10.3. The van der Waals surface area contributed by atoms with Gasteiger partial charge in [-0.25, -0.2) is 4.79 Å². The molecule has 0 aliphatic rings. The molecule has 0 fully saturated rings. The second-order valence-electron chi connectivity index (χ2n) is 3.82. The summed E-state index contributed by atoms with van der Waals surface area (Å²) in [6.07, 6.45) is -3.30. The largest absolute Gasteiger partial charge is 0.418 e. The highest BCUT2D eigenvalue weighted by atomic mass is 19.4. The average Bonchev–Trinajstić information content (AvgIpc) is 2.74. The average molecular weight is 285 g/mol. The van der Waals surface area contributed by atoms with Gasteiger partial charge in [0.05, 0.1) is 23.1 Å². The molecule has 0 unspecified atom stereocenters. The number of rotatable bonds is 2. The zero-order chi connectivity index (χ0) is 14.8. The van der Waals surface area contributed by atoms with E-state index >= 15 is 0 Å². The van der Waals surface area contributed by atoms with Gasteiger partial charge < -0.3 is 11.1 Å². The Morgan fingerprint density at radius 3 is 2.55 bits per heavy atom. The number of para-hydroxylation sites is 1. The van der Waals surface area contributed by atoms with E-state index in [2.05, 4.69) is 20.8 Å². The van der Waals surface area contributed by atoms with E-state index in [9.17, 15) is 18.0 Å². The molecule has 1 heterocycles. The van der Waals surface area contributed by atoms with Crippen molar-refractivity contribution in [3.05, 3.63) is 36.0 Å². The van der Waals surface area contributed by atoms with E-state index in [-0.39, 0.29) is 17.2 Å². The quantitative estimate of drug-likeness (QED) is 0.683. The number of nitrogen functional groups attached to an aromatic ring is 1. The van der Waals surface area contributed by atoms with Gasteiger partial charge in [0.1, 0.15) is 0 Å². The predicted molar refractivity (Wildman–Crippen MR) is 67.1 cm³/mol. The number of aromatic amines is 1. The first-order chi connectivity index (χ1) is 9.38. The van der Waals surface area contributed by atoms with Crippen molar-refractivity contribution < 1.29 is 18.0 Å². The summed E-state index contributed by atoms with van der Waals surface area (Å²) < 4.78 is 38.2. The standard InChI is InChI=1S/C11H10F3N5O/c12-11(13,14)6-3-1-2-4-8(6)17-10(20)18-9-7(15)5-16-19-9/h1-5H,15H2,(H3,16,17,18,19,20). The fraction of sp³-hybridized carbons (Fsp3) is 0.0909. The van der Waals surface area contributed by atoms with Gasteiger partial charge in [0.2, 0.25) is 0 Å². The molecule has 0 atom stereocenters. The van der Waals surface area contributed by atoms with Crippen LogP contribution in [-0.2, 0) is 6.18 Å². The zero-order valence-corrected chi connectivity index (χ0v) is 9.95. The second kappa shape index (κ2) is 5.11. The van der Waals surface area contributed by atoms with Crippen molar-refractivity contribution in [1.29, 1.82) is 0 Å². The van der Waals surface area contributed by atoms with Crippen LogP contribution in [0.25, 0.3) is 0 Å². The minimum atomic E-state index is -4.56. The molecule has 0 saturated carbocycles. The van der Waals surface area contributed by atoms with Gasteiger partial charge in [-0.15, -0.1) is 0 Å². The monoisotopic (exact) mass is 285 g/mol. The number of nitrogens with zero attached hydrogens (tertiary/aromatic N) is 1. The Bertz CT molecular complexity index is 623. The number of hydrogen-bond acceptors (Lipinski definition) is 3. The van der Waals surface area contributed by atoms with Crippen LogP contribution in [0.1, 0.15) is 5.56 Å². The van der Waals surface area contributed by atoms with E-state index in [1.807, 2.05) is 0 Å². The van der Waals surface area contributed by atoms with Crippen LogP contribution in [0.4, 0.5) is 35.2 Å². The van der Waals surface area contributed by atoms with E-state index in [1.54, 1.807) is 0 Å². The molecule has 5 N–H and O–H groups in total. The van der Waals surface area contributed by atoms with Crippen molar-refractivity contribution in [1.82, 2.24) is 10.2 Å². The molecule has 20 heavy (non-hydrogen) atoms. The highest BCUT2D eigenvalue weighted by Crippen LogP contribution is 2.34. The molecule has 2 rings (SSSR count). The van der Waals surface area contributed by atoms with Crippen LogP contribution < -0.4 is 16.4 Å². The van der Waals surface area contributed by atoms with E-state index in [1.165, 1.54) is 18.3 Å². The Morgan fingerprint density at radius 2 is 1.95 bits per heavy atom. The molecule has 6 nitrogen and oxygen atoms in total. The number of amides is 2. The molecule has 0 spiro atoms. The molecule has 0 aliphatic carbocycles. The molecule has 2 aromatic rings. The third-order valence-electron chi connectivity index (χ3n) is 2.39. The molecule has 106 valence electrons. The molecule has 1 aromatic carbocycles. The van der Waals surface area contributed by atoms with Crippen molar-refractivity contribution in [3.63, 3.8) is 0 Å². The summed E-state index contributed by atoms with van der Waals surface area (Å²) >= 11 is 0. The number of nitrogens with one attached hydrogen (secondary N) is 3. The summed E-state index contributed by atoms with van der Waals surface area (Å²) in [5.74, 6) is 0.104. The van der Waals surface area contributed by atoms with Gasteiger partial charge in [-0.2, -0.15) is 18.3 Å². The number of urea groups is 1. The number of hydrogen-bond donors (Lipinski definition) is 4. The van der Waals surface area contributed by atoms with E-state index < -0.39 is 17.8 Å². The van der Waals surface area contributed by atoms with Gasteiger partial charge in [-0.05, 0) is 12.1 Å². The number of aromatic nitrogens is 2. The number of carbonyl (C=O) groups is 1. The Hall–Kier alpha value is -2.71. The second-order valence-corrected chi connectivity index (χ2v) is 3.82. The lowest BCUT2D eigenvalue weighted by molar-refractivity contribution is -0.136. The number of alkyl halides is 3. The Balaban J connectivity index is 2.15. The first-order valence-corrected chi connectivity index (χ1v) is 5.41. The third-order valence-corrected chi connectivity index (χ3v) is 2.39. The normalized spacial score (nSPS) is 11.2. The molecular formula is C11H10F3N5O. The fourth-order valence-corrected chi connectivity index (χ4v) is 1.50. The molecule has 0 saturated heterocycles. The van der Waals surface area contributed by atoms with Gasteiger partial charge in [0.25, 0.3) is 0 Å². The number of nitrogens with two attached hydrogens (primary N) is 1. The van der Waals surface area contributed by atoms with Crippen LogP contribution in [0.15, 0.2) is 30.5 Å². The summed E-state index contributed by atoms with van der Waals surface area (Å²) in [5.41, 5.74) is 4.35. The summed E-state index contributed by atoms with van der Waals surface area (Å²) in [6, 6.07) is 3.78. The van der Waals surface area contributed by atoms with Crippen molar-refractivity contribution in [2.24, 2.45) is 0 Å². The molecule has 0 bridgehead atoms. The summed E-state index contributed by atoms with van der Waals surface area (Å²) in [7, 11) is 0. The fourth-order valence-electron chi connectivity index (χ4n) is 1.50. The molecular weight excluding hydrogens is 275 g/mol. The third kappa shape index (κ3) is 2.99. The van der Waals surface area contributed by atoms with Crippen LogP contribution in [0, 0.1) is 0 Å². The first kappa shape index (κ1) is 13.7. The Labute approximate surface area is 111 Å². The van der Waals surface area contributed by atoms with Gasteiger partial charge in [-0.1, -0.05) is 12.1 Å². The lowest BCUT2D eigenvalue weighted by atomic mass is 10.1. The Morgan fingerprint density at radius 1 is 1.25 bits per heavy atom. The predicted octanol–water partition coefficient (Wildman–Crippen LogP) is 2.65. The maximum atomic E-state index is 12.7. The van der Waals surface area contributed by atoms with Crippen LogP contribution in [0.5, 0.6) is 0 Å². The van der Waals surface area contributed by atoms with Crippen molar-refractivity contribution in [3.8, 4) is 0 Å². The van der Waals surface area contributed by atoms with Crippen molar-refractivity contribution in [2.75, 3.05) is 16.4 Å². The van der Waals surface area contributed by atoms with Gasteiger partial charge >= 0.3 is 12.2 Å². The summed E-state index contributed by atoms with van der Waals surface area (Å²) in [4.78, 5) is 11.6. The number of carbonyl (C=O) groups excluding carboxylic acids is 1. The highest BCUT2D eigenvalue weighted by molar-refractivity contribution is 6.01. The number of anilines is 3. The van der Waals surface area contributed by atoms with Crippen molar-refractivity contribution >= 4 is 23.2 Å². The van der Waals surface area contributed by atoms with Crippen LogP contribution in [0.3, 0.4) is 0 Å². The maximum Gasteiger partial charge on any atom is 0.418 e. The number of halogens is 3. The molecule has 2 amide bonds. The SMILES string of the molecule is Nc1cn[nH]c1NC(=O)Nc1ccccc1C(F)(F)F. The van der Waals surface area contributed by atoms with Crippen LogP contribution >= 0.6 is 0 Å². The van der Waals surface area contributed by atoms with Crippen molar-refractivity contribution in [2.45, 2.75) is 6.18 Å². The summed E-state index contributed by atoms with van der Waals surface area (Å²) in [6.45, 7) is 0. The van der Waals surface area contributed by atoms with Crippen LogP contribution in [-0.4, -0.2) is 16.2 Å². The van der Waals surface area contributed by atoms with Gasteiger partial charge in [0, 0.05) is 0 Å². The van der Waals surface area contributed by atoms with Gasteiger partial charge in [0.15, 0.2) is 5.82 Å².